The quantitative estimate of drug-likeness (QED) is 0.112. The van der Waals surface area contributed by atoms with Crippen LogP contribution in [0.25, 0.3) is 75.4 Å². The summed E-state index contributed by atoms with van der Waals surface area (Å²) in [5.41, 5.74) is -0.0196. The minimum Gasteiger partial charge on any atom is -0.289 e. The second-order valence-corrected chi connectivity index (χ2v) is 14.5. The molecule has 0 N–H and O–H groups in total. The molecule has 0 heterocycles. The lowest BCUT2D eigenvalue weighted by Crippen LogP contribution is -2.07. The second-order valence-electron chi connectivity index (χ2n) is 9.48. The van der Waals surface area contributed by atoms with E-state index in [-0.39, 0.29) is 10.9 Å². The van der Waals surface area contributed by atoms with Gasteiger partial charge in [-0.15, -0.1) is 0 Å². The molecule has 0 fully saturated rings. The van der Waals surface area contributed by atoms with E-state index >= 15 is 0 Å². The van der Waals surface area contributed by atoms with E-state index in [0.717, 1.165) is 80.7 Å². The van der Waals surface area contributed by atoms with Crippen LogP contribution in [0, 0.1) is 0 Å². The first kappa shape index (κ1) is 24.4. The van der Waals surface area contributed by atoms with Crippen LogP contribution in [0.15, 0.2) is 85.0 Å². The van der Waals surface area contributed by atoms with E-state index in [9.17, 15) is 9.59 Å². The lowest BCUT2D eigenvalue weighted by Gasteiger charge is -2.21. The van der Waals surface area contributed by atoms with Crippen LogP contribution in [0.1, 0.15) is 0 Å². The molecular weight excluding hydrogens is 872 g/mol. The first-order chi connectivity index (χ1) is 18.2. The molecule has 0 aliphatic heterocycles. The van der Waals surface area contributed by atoms with Crippen molar-refractivity contribution in [1.29, 1.82) is 0 Å². The largest absolute Gasteiger partial charge is 0.289 e. The summed E-state index contributed by atoms with van der Waals surface area (Å²) in [6.45, 7) is 0. The van der Waals surface area contributed by atoms with Crippen molar-refractivity contribution < 1.29 is 0 Å². The van der Waals surface area contributed by atoms with Crippen LogP contribution in [0.5, 0.6) is 0 Å². The van der Waals surface area contributed by atoms with E-state index in [1.54, 1.807) is 0 Å². The number of benzene rings is 8. The Morgan fingerprint density at radius 2 is 0.632 bits per heavy atom. The maximum atomic E-state index is 13.8. The highest BCUT2D eigenvalue weighted by molar-refractivity contribution is 9.13. The number of halogens is 6. The minimum absolute atomic E-state index is 0.00981. The van der Waals surface area contributed by atoms with Gasteiger partial charge in [-0.1, -0.05) is 12.1 Å². The Morgan fingerprint density at radius 1 is 0.342 bits per heavy atom. The number of hydrogen-bond donors (Lipinski definition) is 0. The zero-order chi connectivity index (χ0) is 26.4. The van der Waals surface area contributed by atoms with Crippen molar-refractivity contribution in [3.63, 3.8) is 0 Å². The van der Waals surface area contributed by atoms with Crippen LogP contribution in [0.4, 0.5) is 0 Å². The van der Waals surface area contributed by atoms with Crippen LogP contribution in [0.3, 0.4) is 0 Å². The average molecular weight is 880 g/mol. The average Bonchev–Trinajstić information content (AvgIpc) is 2.89. The molecule has 0 atom stereocenters. The van der Waals surface area contributed by atoms with E-state index in [1.165, 1.54) is 0 Å². The molecule has 38 heavy (non-hydrogen) atoms. The molecule has 0 unspecified atom stereocenters. The predicted octanol–water partition coefficient (Wildman–Crippen LogP) is 11.4. The van der Waals surface area contributed by atoms with Gasteiger partial charge in [-0.25, -0.2) is 0 Å². The smallest absolute Gasteiger partial charge is 0.194 e. The van der Waals surface area contributed by atoms with Crippen molar-refractivity contribution >= 4 is 171 Å². The fraction of sp³-hybridized carbons (Fsp3) is 0. The highest BCUT2D eigenvalue weighted by Crippen LogP contribution is 2.52. The van der Waals surface area contributed by atoms with Gasteiger partial charge in [0.25, 0.3) is 0 Å². The van der Waals surface area contributed by atoms with E-state index in [0.29, 0.717) is 21.5 Å². The molecule has 0 spiro atoms. The zero-order valence-electron chi connectivity index (χ0n) is 18.7. The molecule has 8 heteroatoms. The number of rotatable bonds is 0. The summed E-state index contributed by atoms with van der Waals surface area (Å²) in [7, 11) is 0. The van der Waals surface area contributed by atoms with E-state index in [2.05, 4.69) is 95.6 Å². The Bertz CT molecular complexity index is 2330. The van der Waals surface area contributed by atoms with Crippen molar-refractivity contribution in [3.8, 4) is 0 Å². The molecule has 8 rings (SSSR count). The highest BCUT2D eigenvalue weighted by atomic mass is 79.9. The summed E-state index contributed by atoms with van der Waals surface area (Å²) >= 11 is 22.3. The van der Waals surface area contributed by atoms with Crippen LogP contribution in [-0.2, 0) is 0 Å². The Hall–Kier alpha value is -1.42. The highest BCUT2D eigenvalue weighted by Gasteiger charge is 2.26. The second kappa shape index (κ2) is 8.08. The molecule has 0 aliphatic carbocycles. The molecule has 2 nitrogen and oxygen atoms in total. The Labute approximate surface area is 264 Å². The summed E-state index contributed by atoms with van der Waals surface area (Å²) in [6.07, 6.45) is 0. The summed E-state index contributed by atoms with van der Waals surface area (Å²) in [4.78, 5) is 27.7. The fourth-order valence-electron chi connectivity index (χ4n) is 6.16. The third kappa shape index (κ3) is 2.87. The van der Waals surface area contributed by atoms with E-state index in [4.69, 9.17) is 0 Å². The summed E-state index contributed by atoms with van der Waals surface area (Å²) < 4.78 is 5.25. The normalized spacial score (nSPS) is 12.7. The van der Waals surface area contributed by atoms with Crippen molar-refractivity contribution in [2.24, 2.45) is 0 Å². The van der Waals surface area contributed by atoms with E-state index < -0.39 is 0 Å². The SMILES string of the molecule is O=c1c2cc(Br)c(Br)cc2c2c(Br)c3ccc4c(=O)c5cc(Br)c(Br)cc5c5c(Br)c6ccc1c2c6c3c45. The molecule has 182 valence electrons. The lowest BCUT2D eigenvalue weighted by atomic mass is 9.84. The third-order valence-corrected chi connectivity index (χ3v) is 13.0. The molecule has 0 saturated carbocycles. The zero-order valence-corrected chi connectivity index (χ0v) is 28.2. The number of hydrogen-bond acceptors (Lipinski definition) is 2. The van der Waals surface area contributed by atoms with Crippen molar-refractivity contribution in [2.75, 3.05) is 0 Å². The Kier molecular flexibility index (Phi) is 5.18. The number of fused-ring (bicyclic) bond motifs is 4. The van der Waals surface area contributed by atoms with Crippen LogP contribution in [-0.4, -0.2) is 0 Å². The minimum atomic E-state index is -0.00981. The standard InChI is InChI=1S/C30H8Br6O2/c31-17-5-13-16(8-20(17)34)30(38)12-4-2-10-22-21-9(27(35)25(13)24(12)22)1-3-11-23(21)26(28(10)36)14-6-18(32)19(33)7-15(14)29(11)37/h1-8H. The molecule has 0 aliphatic rings. The van der Waals surface area contributed by atoms with Gasteiger partial charge in [-0.2, -0.15) is 0 Å². The van der Waals surface area contributed by atoms with Crippen molar-refractivity contribution in [1.82, 2.24) is 0 Å². The summed E-state index contributed by atoms with van der Waals surface area (Å²) in [5.74, 6) is 0. The van der Waals surface area contributed by atoms with Gasteiger partial charge in [0.1, 0.15) is 0 Å². The first-order valence-corrected chi connectivity index (χ1v) is 16.2. The topological polar surface area (TPSA) is 34.1 Å². The molecule has 0 amide bonds. The predicted molar refractivity (Wildman–Crippen MR) is 181 cm³/mol. The fourth-order valence-corrected chi connectivity index (χ4v) is 9.01. The van der Waals surface area contributed by atoms with Crippen LogP contribution in [0.2, 0.25) is 0 Å². The monoisotopic (exact) mass is 874 g/mol. The van der Waals surface area contributed by atoms with Gasteiger partial charge in [0.2, 0.25) is 0 Å². The molecule has 8 aromatic rings. The van der Waals surface area contributed by atoms with Crippen LogP contribution < -0.4 is 10.9 Å². The van der Waals surface area contributed by atoms with Crippen molar-refractivity contribution in [2.45, 2.75) is 0 Å². The van der Waals surface area contributed by atoms with Gasteiger partial charge in [0.15, 0.2) is 10.9 Å². The maximum absolute atomic E-state index is 13.8. The molecule has 8 aromatic carbocycles. The molecule has 0 saturated heterocycles. The Morgan fingerprint density at radius 3 is 1.00 bits per heavy atom. The van der Waals surface area contributed by atoms with Gasteiger partial charge in [-0.3, -0.25) is 9.59 Å². The van der Waals surface area contributed by atoms with Gasteiger partial charge >= 0.3 is 0 Å². The van der Waals surface area contributed by atoms with Crippen molar-refractivity contribution in [3.05, 3.63) is 95.8 Å². The Balaban J connectivity index is 1.80. The van der Waals surface area contributed by atoms with Gasteiger partial charge in [0, 0.05) is 69.9 Å². The molecule has 0 aromatic heterocycles. The first-order valence-electron chi connectivity index (χ1n) is 11.4. The molecule has 0 radical (unpaired) electrons. The summed E-state index contributed by atoms with van der Waals surface area (Å²) in [6, 6.07) is 15.7. The summed E-state index contributed by atoms with van der Waals surface area (Å²) in [5, 5.41) is 12.2. The van der Waals surface area contributed by atoms with Gasteiger partial charge in [-0.05, 0) is 164 Å². The maximum Gasteiger partial charge on any atom is 0.194 e. The van der Waals surface area contributed by atoms with Gasteiger partial charge < -0.3 is 0 Å². The van der Waals surface area contributed by atoms with Crippen LogP contribution >= 0.6 is 95.6 Å². The van der Waals surface area contributed by atoms with E-state index in [1.807, 2.05) is 48.5 Å². The molecule has 0 bridgehead atoms. The third-order valence-electron chi connectivity index (χ3n) is 7.71. The lowest BCUT2D eigenvalue weighted by molar-refractivity contribution is 1.63. The molecular formula is C30H8Br6O2. The van der Waals surface area contributed by atoms with Gasteiger partial charge in [0.05, 0.1) is 0 Å².